The summed E-state index contributed by atoms with van der Waals surface area (Å²) in [7, 11) is 0. The number of fused-ring (bicyclic) bond motifs is 1. The fraction of sp³-hybridized carbons (Fsp3) is 0.550. The third-order valence-electron chi connectivity index (χ3n) is 5.59. The molecule has 3 heterocycles. The molecular formula is C20H26FN3. The molecule has 0 N–H and O–H groups in total. The van der Waals surface area contributed by atoms with Gasteiger partial charge in [-0.05, 0) is 64.3 Å². The fourth-order valence-corrected chi connectivity index (χ4v) is 4.37. The molecular weight excluding hydrogens is 301 g/mol. The van der Waals surface area contributed by atoms with Crippen molar-refractivity contribution in [3.05, 3.63) is 35.8 Å². The van der Waals surface area contributed by atoms with Crippen LogP contribution >= 0.6 is 0 Å². The van der Waals surface area contributed by atoms with Gasteiger partial charge in [-0.2, -0.15) is 0 Å². The van der Waals surface area contributed by atoms with Crippen molar-refractivity contribution in [1.82, 2.24) is 9.88 Å². The molecule has 2 saturated heterocycles. The van der Waals surface area contributed by atoms with E-state index in [9.17, 15) is 4.39 Å². The number of rotatable bonds is 2. The van der Waals surface area contributed by atoms with Gasteiger partial charge in [0, 0.05) is 35.9 Å². The number of aryl methyl sites for hydroxylation is 1. The predicted molar refractivity (Wildman–Crippen MR) is 97.1 cm³/mol. The quantitative estimate of drug-likeness (QED) is 0.826. The number of nitrogens with zero attached hydrogens (tertiary/aromatic N) is 3. The third kappa shape index (κ3) is 3.00. The SMILES string of the molecule is Cc1cc(N2CCCC(N3CCCC3)CC2)c2cccc(F)c2n1. The van der Waals surface area contributed by atoms with Crippen LogP contribution in [-0.4, -0.2) is 42.1 Å². The molecule has 0 radical (unpaired) electrons. The number of halogens is 1. The lowest BCUT2D eigenvalue weighted by Gasteiger charge is -2.27. The van der Waals surface area contributed by atoms with E-state index in [2.05, 4.69) is 20.9 Å². The number of benzene rings is 1. The molecule has 0 saturated carbocycles. The number of aromatic nitrogens is 1. The molecule has 1 unspecified atom stereocenters. The normalized spacial score (nSPS) is 22.9. The second-order valence-corrected chi connectivity index (χ2v) is 7.23. The molecule has 0 amide bonds. The number of para-hydroxylation sites is 1. The smallest absolute Gasteiger partial charge is 0.149 e. The highest BCUT2D eigenvalue weighted by atomic mass is 19.1. The number of hydrogen-bond donors (Lipinski definition) is 0. The Morgan fingerprint density at radius 1 is 1.04 bits per heavy atom. The lowest BCUT2D eigenvalue weighted by Crippen LogP contribution is -2.33. The number of pyridine rings is 1. The van der Waals surface area contributed by atoms with Crippen LogP contribution in [0.25, 0.3) is 10.9 Å². The Morgan fingerprint density at radius 3 is 2.71 bits per heavy atom. The van der Waals surface area contributed by atoms with Crippen molar-refractivity contribution in [2.75, 3.05) is 31.1 Å². The monoisotopic (exact) mass is 327 g/mol. The predicted octanol–water partition coefficient (Wildman–Crippen LogP) is 4.14. The summed E-state index contributed by atoms with van der Waals surface area (Å²) in [5, 5.41) is 0.945. The van der Waals surface area contributed by atoms with Gasteiger partial charge in [0.25, 0.3) is 0 Å². The Morgan fingerprint density at radius 2 is 1.88 bits per heavy atom. The highest BCUT2D eigenvalue weighted by Crippen LogP contribution is 2.31. The van der Waals surface area contributed by atoms with E-state index < -0.39 is 0 Å². The van der Waals surface area contributed by atoms with Crippen LogP contribution in [0.15, 0.2) is 24.3 Å². The molecule has 1 aromatic carbocycles. The van der Waals surface area contributed by atoms with E-state index in [-0.39, 0.29) is 5.82 Å². The largest absolute Gasteiger partial charge is 0.371 e. The number of anilines is 1. The van der Waals surface area contributed by atoms with Gasteiger partial charge in [0.15, 0.2) is 0 Å². The fourth-order valence-electron chi connectivity index (χ4n) is 4.37. The molecule has 3 nitrogen and oxygen atoms in total. The van der Waals surface area contributed by atoms with Crippen LogP contribution in [0.1, 0.15) is 37.8 Å². The van der Waals surface area contributed by atoms with E-state index in [0.717, 1.165) is 35.9 Å². The standard InChI is InChI=1S/C20H26FN3/c1-15-14-19(17-7-4-8-18(21)20(17)22-15)24-12-5-6-16(9-13-24)23-10-2-3-11-23/h4,7-8,14,16H,2-3,5-6,9-13H2,1H3. The van der Waals surface area contributed by atoms with Crippen molar-refractivity contribution in [2.24, 2.45) is 0 Å². The van der Waals surface area contributed by atoms with Gasteiger partial charge < -0.3 is 9.80 Å². The maximum absolute atomic E-state index is 14.2. The van der Waals surface area contributed by atoms with Gasteiger partial charge in [-0.15, -0.1) is 0 Å². The van der Waals surface area contributed by atoms with E-state index in [1.54, 1.807) is 6.07 Å². The van der Waals surface area contributed by atoms with E-state index in [1.165, 1.54) is 51.3 Å². The van der Waals surface area contributed by atoms with Gasteiger partial charge in [-0.1, -0.05) is 12.1 Å². The van der Waals surface area contributed by atoms with Gasteiger partial charge in [0.1, 0.15) is 11.3 Å². The molecule has 0 aliphatic carbocycles. The van der Waals surface area contributed by atoms with Crippen LogP contribution in [-0.2, 0) is 0 Å². The molecule has 2 aromatic rings. The Hall–Kier alpha value is -1.68. The van der Waals surface area contributed by atoms with E-state index in [1.807, 2.05) is 13.0 Å². The molecule has 2 aliphatic heterocycles. The summed E-state index contributed by atoms with van der Waals surface area (Å²) in [6.45, 7) is 6.61. The van der Waals surface area contributed by atoms with Crippen molar-refractivity contribution in [3.8, 4) is 0 Å². The molecule has 1 atom stereocenters. The van der Waals surface area contributed by atoms with Gasteiger partial charge in [0.05, 0.1) is 0 Å². The minimum atomic E-state index is -0.220. The first-order chi connectivity index (χ1) is 11.7. The average Bonchev–Trinajstić information content (AvgIpc) is 3.00. The summed E-state index contributed by atoms with van der Waals surface area (Å²) in [6.07, 6.45) is 6.41. The van der Waals surface area contributed by atoms with Crippen molar-refractivity contribution in [2.45, 2.75) is 45.1 Å². The Labute approximate surface area is 143 Å². The second-order valence-electron chi connectivity index (χ2n) is 7.23. The first-order valence-corrected chi connectivity index (χ1v) is 9.27. The van der Waals surface area contributed by atoms with Crippen LogP contribution in [0, 0.1) is 12.7 Å². The summed E-state index contributed by atoms with van der Waals surface area (Å²) < 4.78 is 14.2. The summed E-state index contributed by atoms with van der Waals surface area (Å²) in [5.41, 5.74) is 2.55. The minimum Gasteiger partial charge on any atom is -0.371 e. The molecule has 2 aliphatic rings. The zero-order valence-corrected chi connectivity index (χ0v) is 14.5. The topological polar surface area (TPSA) is 19.4 Å². The molecule has 2 fully saturated rings. The maximum Gasteiger partial charge on any atom is 0.149 e. The maximum atomic E-state index is 14.2. The Bertz CT molecular complexity index is 724. The summed E-state index contributed by atoms with van der Waals surface area (Å²) >= 11 is 0. The molecule has 0 bridgehead atoms. The van der Waals surface area contributed by atoms with Crippen LogP contribution in [0.2, 0.25) is 0 Å². The minimum absolute atomic E-state index is 0.220. The van der Waals surface area contributed by atoms with Gasteiger partial charge in [0.2, 0.25) is 0 Å². The second kappa shape index (κ2) is 6.67. The van der Waals surface area contributed by atoms with Crippen molar-refractivity contribution >= 4 is 16.6 Å². The van der Waals surface area contributed by atoms with E-state index in [0.29, 0.717) is 5.52 Å². The summed E-state index contributed by atoms with van der Waals surface area (Å²) in [5.74, 6) is -0.220. The molecule has 128 valence electrons. The highest BCUT2D eigenvalue weighted by Gasteiger charge is 2.25. The molecule has 4 rings (SSSR count). The number of hydrogen-bond acceptors (Lipinski definition) is 3. The zero-order chi connectivity index (χ0) is 16.5. The van der Waals surface area contributed by atoms with Gasteiger partial charge in [-0.25, -0.2) is 9.37 Å². The van der Waals surface area contributed by atoms with Crippen LogP contribution < -0.4 is 4.90 Å². The summed E-state index contributed by atoms with van der Waals surface area (Å²) in [4.78, 5) is 9.55. The zero-order valence-electron chi connectivity index (χ0n) is 14.5. The van der Waals surface area contributed by atoms with Gasteiger partial charge >= 0.3 is 0 Å². The molecule has 4 heteroatoms. The summed E-state index contributed by atoms with van der Waals surface area (Å²) in [6, 6.07) is 8.15. The van der Waals surface area contributed by atoms with Crippen LogP contribution in [0.3, 0.4) is 0 Å². The highest BCUT2D eigenvalue weighted by molar-refractivity contribution is 5.92. The molecule has 0 spiro atoms. The average molecular weight is 327 g/mol. The molecule has 1 aromatic heterocycles. The Kier molecular flexibility index (Phi) is 4.40. The van der Waals surface area contributed by atoms with Crippen LogP contribution in [0.5, 0.6) is 0 Å². The lowest BCUT2D eigenvalue weighted by atomic mass is 10.1. The van der Waals surface area contributed by atoms with Gasteiger partial charge in [-0.3, -0.25) is 0 Å². The van der Waals surface area contributed by atoms with Crippen LogP contribution in [0.4, 0.5) is 10.1 Å². The lowest BCUT2D eigenvalue weighted by molar-refractivity contribution is 0.225. The van der Waals surface area contributed by atoms with E-state index >= 15 is 0 Å². The third-order valence-corrected chi connectivity index (χ3v) is 5.59. The van der Waals surface area contributed by atoms with Crippen molar-refractivity contribution in [1.29, 1.82) is 0 Å². The van der Waals surface area contributed by atoms with Crippen molar-refractivity contribution < 1.29 is 4.39 Å². The Balaban J connectivity index is 1.62. The molecule has 24 heavy (non-hydrogen) atoms. The van der Waals surface area contributed by atoms with E-state index in [4.69, 9.17) is 0 Å². The first kappa shape index (κ1) is 15.8. The number of likely N-dealkylation sites (tertiary alicyclic amines) is 1. The van der Waals surface area contributed by atoms with Crippen molar-refractivity contribution in [3.63, 3.8) is 0 Å². The first-order valence-electron chi connectivity index (χ1n) is 9.27.